The highest BCUT2D eigenvalue weighted by molar-refractivity contribution is 5.81. The second-order valence-corrected chi connectivity index (χ2v) is 8.30. The van der Waals surface area contributed by atoms with Gasteiger partial charge in [0, 0.05) is 24.6 Å². The van der Waals surface area contributed by atoms with E-state index in [1.807, 2.05) is 0 Å². The highest BCUT2D eigenvalue weighted by Gasteiger charge is 2.27. The molecule has 0 spiro atoms. The molecular formula is C25H24F2N4O2. The first-order valence-corrected chi connectivity index (χ1v) is 10.7. The molecule has 0 amide bonds. The molecule has 33 heavy (non-hydrogen) atoms. The number of nitrogens with zero attached hydrogens (tertiary/aromatic N) is 3. The molecule has 4 rings (SSSR count). The van der Waals surface area contributed by atoms with Crippen LogP contribution in [0.25, 0.3) is 27.2 Å². The van der Waals surface area contributed by atoms with Crippen molar-refractivity contribution in [2.24, 2.45) is 12.8 Å². The van der Waals surface area contributed by atoms with E-state index < -0.39 is 11.6 Å². The molecule has 2 aromatic carbocycles. The van der Waals surface area contributed by atoms with Gasteiger partial charge in [-0.2, -0.15) is 0 Å². The third-order valence-corrected chi connectivity index (χ3v) is 6.24. The van der Waals surface area contributed by atoms with E-state index >= 15 is 0 Å². The number of benzene rings is 2. The van der Waals surface area contributed by atoms with E-state index in [1.165, 1.54) is 35.9 Å². The van der Waals surface area contributed by atoms with Crippen LogP contribution in [0.15, 0.2) is 41.2 Å². The van der Waals surface area contributed by atoms with Crippen LogP contribution in [0.4, 0.5) is 14.5 Å². The maximum absolute atomic E-state index is 14.5. The van der Waals surface area contributed by atoms with Crippen LogP contribution in [0.2, 0.25) is 0 Å². The fraction of sp³-hybridized carbons (Fsp3) is 0.320. The molecule has 1 fully saturated rings. The highest BCUT2D eigenvalue weighted by Crippen LogP contribution is 2.36. The minimum atomic E-state index is -0.706. The van der Waals surface area contributed by atoms with Gasteiger partial charge in [-0.15, -0.1) is 0 Å². The first-order chi connectivity index (χ1) is 15.8. The van der Waals surface area contributed by atoms with Crippen molar-refractivity contribution in [2.45, 2.75) is 37.6 Å². The largest absolute Gasteiger partial charge is 0.494 e. The number of methoxy groups -OCH3 is 1. The van der Waals surface area contributed by atoms with Crippen LogP contribution in [-0.2, 0) is 7.05 Å². The minimum Gasteiger partial charge on any atom is -0.494 e. The van der Waals surface area contributed by atoms with E-state index in [-0.39, 0.29) is 40.2 Å². The van der Waals surface area contributed by atoms with Crippen LogP contribution in [0.3, 0.4) is 0 Å². The van der Waals surface area contributed by atoms with Crippen molar-refractivity contribution in [3.8, 4) is 28.1 Å². The lowest BCUT2D eigenvalue weighted by molar-refractivity contribution is 0.376. The summed E-state index contributed by atoms with van der Waals surface area (Å²) in [7, 11) is 3.01. The van der Waals surface area contributed by atoms with E-state index in [0.29, 0.717) is 17.0 Å². The van der Waals surface area contributed by atoms with Crippen LogP contribution >= 0.6 is 0 Å². The molecule has 170 valence electrons. The summed E-state index contributed by atoms with van der Waals surface area (Å²) >= 11 is 0. The molecular weight excluding hydrogens is 426 g/mol. The van der Waals surface area contributed by atoms with Crippen LogP contribution in [0.5, 0.6) is 5.75 Å². The minimum absolute atomic E-state index is 0.0373. The fourth-order valence-corrected chi connectivity index (χ4v) is 4.40. The topological polar surface area (TPSA) is 74.5 Å². The number of rotatable bonds is 4. The van der Waals surface area contributed by atoms with E-state index in [0.717, 1.165) is 25.7 Å². The first kappa shape index (κ1) is 22.6. The average molecular weight is 450 g/mol. The monoisotopic (exact) mass is 450 g/mol. The number of hydrogen-bond acceptors (Lipinski definition) is 4. The van der Waals surface area contributed by atoms with Crippen LogP contribution in [0.1, 0.15) is 37.4 Å². The van der Waals surface area contributed by atoms with E-state index in [2.05, 4.69) is 4.85 Å². The maximum Gasteiger partial charge on any atom is 0.261 e. The Morgan fingerprint density at radius 3 is 2.36 bits per heavy atom. The number of aromatic nitrogens is 2. The van der Waals surface area contributed by atoms with Gasteiger partial charge >= 0.3 is 0 Å². The molecule has 3 aromatic rings. The molecule has 1 saturated carbocycles. The predicted octanol–water partition coefficient (Wildman–Crippen LogP) is 4.94. The second-order valence-electron chi connectivity index (χ2n) is 8.30. The van der Waals surface area contributed by atoms with Crippen molar-refractivity contribution in [2.75, 3.05) is 7.11 Å². The summed E-state index contributed by atoms with van der Waals surface area (Å²) in [4.78, 5) is 21.5. The van der Waals surface area contributed by atoms with Crippen molar-refractivity contribution in [1.82, 2.24) is 9.55 Å². The molecule has 1 aliphatic rings. The predicted molar refractivity (Wildman–Crippen MR) is 122 cm³/mol. The lowest BCUT2D eigenvalue weighted by Gasteiger charge is -2.27. The SMILES string of the molecule is [C-]#[N+]c1ccc(-c2nc(C3CCC(N)CC3)n(C)c(=O)c2-c2ccc(OC)c(F)c2)cc1F. The van der Waals surface area contributed by atoms with Crippen molar-refractivity contribution in [3.05, 3.63) is 75.6 Å². The molecule has 1 aliphatic carbocycles. The second kappa shape index (κ2) is 9.12. The fourth-order valence-electron chi connectivity index (χ4n) is 4.40. The molecule has 0 unspecified atom stereocenters. The summed E-state index contributed by atoms with van der Waals surface area (Å²) in [6.45, 7) is 7.10. The van der Waals surface area contributed by atoms with Crippen molar-refractivity contribution in [3.63, 3.8) is 0 Å². The van der Waals surface area contributed by atoms with E-state index in [1.54, 1.807) is 19.2 Å². The summed E-state index contributed by atoms with van der Waals surface area (Å²) in [5, 5.41) is 0. The van der Waals surface area contributed by atoms with E-state index in [4.69, 9.17) is 22.0 Å². The lowest BCUT2D eigenvalue weighted by Crippen LogP contribution is -2.31. The van der Waals surface area contributed by atoms with Gasteiger partial charge in [-0.1, -0.05) is 18.2 Å². The van der Waals surface area contributed by atoms with Crippen molar-refractivity contribution in [1.29, 1.82) is 0 Å². The summed E-state index contributed by atoms with van der Waals surface area (Å²) in [5.74, 6) is -0.651. The summed E-state index contributed by atoms with van der Waals surface area (Å²) < 4.78 is 35.5. The Bertz CT molecular complexity index is 1300. The molecule has 8 heteroatoms. The number of nitrogens with two attached hydrogens (primary N) is 1. The van der Waals surface area contributed by atoms with Gasteiger partial charge in [0.15, 0.2) is 11.6 Å². The third kappa shape index (κ3) is 4.24. The van der Waals surface area contributed by atoms with Crippen molar-refractivity contribution >= 4 is 5.69 Å². The Hall–Kier alpha value is -3.57. The maximum atomic E-state index is 14.5. The summed E-state index contributed by atoms with van der Waals surface area (Å²) in [6.07, 6.45) is 3.25. The van der Waals surface area contributed by atoms with Gasteiger partial charge in [-0.05, 0) is 49.4 Å². The Labute approximate surface area is 190 Å². The van der Waals surface area contributed by atoms with Gasteiger partial charge in [0.2, 0.25) is 5.69 Å². The lowest BCUT2D eigenvalue weighted by atomic mass is 9.85. The molecule has 0 saturated heterocycles. The molecule has 0 bridgehead atoms. The van der Waals surface area contributed by atoms with Gasteiger partial charge in [-0.25, -0.2) is 18.6 Å². The quantitative estimate of drug-likeness (QED) is 0.572. The Morgan fingerprint density at radius 1 is 1.09 bits per heavy atom. The summed E-state index contributed by atoms with van der Waals surface area (Å²) in [5.41, 5.74) is 6.63. The van der Waals surface area contributed by atoms with Gasteiger partial charge < -0.3 is 10.5 Å². The number of hydrogen-bond donors (Lipinski definition) is 1. The smallest absolute Gasteiger partial charge is 0.261 e. The molecule has 2 N–H and O–H groups in total. The highest BCUT2D eigenvalue weighted by atomic mass is 19.1. The average Bonchev–Trinajstić information content (AvgIpc) is 2.81. The van der Waals surface area contributed by atoms with Crippen LogP contribution in [0, 0.1) is 18.2 Å². The molecule has 0 radical (unpaired) electrons. The molecule has 1 heterocycles. The summed E-state index contributed by atoms with van der Waals surface area (Å²) in [6, 6.07) is 8.47. The Morgan fingerprint density at radius 2 is 1.76 bits per heavy atom. The van der Waals surface area contributed by atoms with Gasteiger partial charge in [0.1, 0.15) is 11.6 Å². The molecule has 0 atom stereocenters. The Balaban J connectivity index is 1.96. The number of ether oxygens (including phenoxy) is 1. The van der Waals surface area contributed by atoms with Crippen LogP contribution in [-0.4, -0.2) is 22.7 Å². The molecule has 6 nitrogen and oxygen atoms in total. The zero-order valence-electron chi connectivity index (χ0n) is 18.4. The zero-order chi connectivity index (χ0) is 23.7. The molecule has 0 aliphatic heterocycles. The normalized spacial score (nSPS) is 18.1. The number of halogens is 2. The third-order valence-electron chi connectivity index (χ3n) is 6.24. The van der Waals surface area contributed by atoms with Gasteiger partial charge in [-0.3, -0.25) is 9.36 Å². The Kier molecular flexibility index (Phi) is 6.25. The van der Waals surface area contributed by atoms with E-state index in [9.17, 15) is 13.6 Å². The standard InChI is InChI=1S/C25H24F2N4O2/c1-29-20-10-6-16(13-18(20)26)23-22(15-7-11-21(33-3)19(27)12-15)25(32)31(2)24(30-23)14-4-8-17(28)9-5-14/h6-7,10-14,17H,4-5,8-9,28H2,2-3H3. The van der Waals surface area contributed by atoms with Gasteiger partial charge in [0.25, 0.3) is 5.56 Å². The molecule has 1 aromatic heterocycles. The zero-order valence-corrected chi connectivity index (χ0v) is 18.4. The van der Waals surface area contributed by atoms with Crippen molar-refractivity contribution < 1.29 is 13.5 Å². The van der Waals surface area contributed by atoms with Crippen LogP contribution < -0.4 is 16.0 Å². The first-order valence-electron chi connectivity index (χ1n) is 10.7. The van der Waals surface area contributed by atoms with Gasteiger partial charge in [0.05, 0.1) is 24.9 Å².